The molecule has 1 unspecified atom stereocenters. The first kappa shape index (κ1) is 23.8. The largest absolute Gasteiger partial charge is 0.481 e. The Bertz CT molecular complexity index is 1180. The zero-order valence-corrected chi connectivity index (χ0v) is 19.1. The first-order valence-corrected chi connectivity index (χ1v) is 11.7. The van der Waals surface area contributed by atoms with Crippen molar-refractivity contribution in [2.45, 2.75) is 24.3 Å². The third kappa shape index (κ3) is 6.35. The number of amides is 1. The lowest BCUT2D eigenvalue weighted by molar-refractivity contribution is -0.122. The van der Waals surface area contributed by atoms with E-state index in [-0.39, 0.29) is 10.6 Å². The van der Waals surface area contributed by atoms with E-state index in [1.165, 1.54) is 66.7 Å². The number of sulfonamides is 1. The molecule has 0 aliphatic rings. The summed E-state index contributed by atoms with van der Waals surface area (Å²) >= 11 is 11.8. The van der Waals surface area contributed by atoms with Crippen molar-refractivity contribution < 1.29 is 22.3 Å². The Hall–Kier alpha value is -2.81. The molecule has 0 saturated heterocycles. The fourth-order valence-electron chi connectivity index (χ4n) is 2.77. The van der Waals surface area contributed by atoms with Gasteiger partial charge in [0.25, 0.3) is 15.9 Å². The van der Waals surface area contributed by atoms with Crippen LogP contribution in [0.5, 0.6) is 5.75 Å². The number of halogens is 3. The topological polar surface area (TPSA) is 84.5 Å². The van der Waals surface area contributed by atoms with Crippen molar-refractivity contribution in [3.63, 3.8) is 0 Å². The summed E-state index contributed by atoms with van der Waals surface area (Å²) in [6.07, 6.45) is -0.431. The van der Waals surface area contributed by atoms with Gasteiger partial charge in [0.15, 0.2) is 6.10 Å². The lowest BCUT2D eigenvalue weighted by atomic mass is 10.2. The van der Waals surface area contributed by atoms with E-state index in [1.54, 1.807) is 6.92 Å². The van der Waals surface area contributed by atoms with Crippen molar-refractivity contribution >= 4 is 50.5 Å². The maximum atomic E-state index is 13.0. The molecule has 3 rings (SSSR count). The molecule has 0 saturated carbocycles. The lowest BCUT2D eigenvalue weighted by Crippen LogP contribution is -2.32. The van der Waals surface area contributed by atoms with Gasteiger partial charge in [-0.05, 0) is 73.2 Å². The fourth-order valence-corrected chi connectivity index (χ4v) is 4.33. The molecule has 0 spiro atoms. The minimum absolute atomic E-state index is 0.0128. The van der Waals surface area contributed by atoms with Crippen molar-refractivity contribution in [3.8, 4) is 5.75 Å². The van der Waals surface area contributed by atoms with Crippen molar-refractivity contribution in [1.29, 1.82) is 0 Å². The van der Waals surface area contributed by atoms with Crippen LogP contribution in [0.1, 0.15) is 13.3 Å². The van der Waals surface area contributed by atoms with Crippen molar-refractivity contribution in [2.24, 2.45) is 0 Å². The molecule has 32 heavy (non-hydrogen) atoms. The van der Waals surface area contributed by atoms with E-state index in [2.05, 4.69) is 10.0 Å². The zero-order valence-electron chi connectivity index (χ0n) is 16.8. The highest BCUT2D eigenvalue weighted by Gasteiger charge is 2.20. The summed E-state index contributed by atoms with van der Waals surface area (Å²) in [6.45, 7) is 1.78. The van der Waals surface area contributed by atoms with Crippen LogP contribution in [-0.4, -0.2) is 20.4 Å². The average molecular weight is 497 g/mol. The number of benzene rings is 3. The van der Waals surface area contributed by atoms with Crippen LogP contribution in [0.3, 0.4) is 0 Å². The van der Waals surface area contributed by atoms with Gasteiger partial charge >= 0.3 is 0 Å². The predicted molar refractivity (Wildman–Crippen MR) is 123 cm³/mol. The summed E-state index contributed by atoms with van der Waals surface area (Å²) in [4.78, 5) is 12.5. The van der Waals surface area contributed by atoms with Crippen molar-refractivity contribution in [2.75, 3.05) is 10.0 Å². The summed E-state index contributed by atoms with van der Waals surface area (Å²) in [5.74, 6) is -0.459. The van der Waals surface area contributed by atoms with E-state index in [0.29, 0.717) is 27.9 Å². The minimum atomic E-state index is -3.89. The molecule has 168 valence electrons. The summed E-state index contributed by atoms with van der Waals surface area (Å²) < 4.78 is 46.3. The Labute approximate surface area is 195 Å². The van der Waals surface area contributed by atoms with Crippen LogP contribution in [0.25, 0.3) is 0 Å². The van der Waals surface area contributed by atoms with Gasteiger partial charge < -0.3 is 10.1 Å². The van der Waals surface area contributed by atoms with Crippen molar-refractivity contribution in [3.05, 3.63) is 82.6 Å². The molecule has 0 aliphatic carbocycles. The van der Waals surface area contributed by atoms with Crippen LogP contribution < -0.4 is 14.8 Å². The van der Waals surface area contributed by atoms with Gasteiger partial charge in [0.1, 0.15) is 11.6 Å². The molecule has 1 amide bonds. The number of hydrogen-bond acceptors (Lipinski definition) is 4. The molecular weight excluding hydrogens is 478 g/mol. The Morgan fingerprint density at radius 3 is 2.12 bits per heavy atom. The number of carbonyl (C=O) groups is 1. The van der Waals surface area contributed by atoms with Gasteiger partial charge in [0.2, 0.25) is 0 Å². The normalized spacial score (nSPS) is 12.1. The smallest absolute Gasteiger partial charge is 0.265 e. The maximum Gasteiger partial charge on any atom is 0.265 e. The van der Waals surface area contributed by atoms with E-state index in [0.717, 1.165) is 0 Å². The second-order valence-corrected chi connectivity index (χ2v) is 9.30. The van der Waals surface area contributed by atoms with E-state index in [4.69, 9.17) is 27.9 Å². The monoisotopic (exact) mass is 496 g/mol. The minimum Gasteiger partial charge on any atom is -0.481 e. The fraction of sp³-hybridized carbons (Fsp3) is 0.136. The molecule has 0 aromatic heterocycles. The highest BCUT2D eigenvalue weighted by molar-refractivity contribution is 7.92. The Morgan fingerprint density at radius 2 is 1.56 bits per heavy atom. The molecule has 10 heteroatoms. The highest BCUT2D eigenvalue weighted by atomic mass is 35.5. The van der Waals surface area contributed by atoms with Gasteiger partial charge in [-0.1, -0.05) is 30.1 Å². The van der Waals surface area contributed by atoms with Gasteiger partial charge in [0.05, 0.1) is 10.6 Å². The molecule has 2 N–H and O–H groups in total. The van der Waals surface area contributed by atoms with Gasteiger partial charge in [-0.2, -0.15) is 0 Å². The Morgan fingerprint density at radius 1 is 0.969 bits per heavy atom. The summed E-state index contributed by atoms with van der Waals surface area (Å²) in [5.41, 5.74) is 0.615. The molecule has 0 heterocycles. The molecular formula is C22H19Cl2FN2O4S. The first-order chi connectivity index (χ1) is 15.2. The number of ether oxygens (including phenoxy) is 1. The average Bonchev–Trinajstić information content (AvgIpc) is 2.72. The van der Waals surface area contributed by atoms with Gasteiger partial charge in [0, 0.05) is 15.7 Å². The number of anilines is 2. The quantitative estimate of drug-likeness (QED) is 0.417. The zero-order chi connectivity index (χ0) is 23.3. The molecule has 0 radical (unpaired) electrons. The second-order valence-electron chi connectivity index (χ2n) is 6.75. The Balaban J connectivity index is 1.67. The van der Waals surface area contributed by atoms with Gasteiger partial charge in [-0.25, -0.2) is 12.8 Å². The second kappa shape index (κ2) is 10.2. The molecule has 0 bridgehead atoms. The Kier molecular flexibility index (Phi) is 7.60. The lowest BCUT2D eigenvalue weighted by Gasteiger charge is -2.17. The van der Waals surface area contributed by atoms with Crippen LogP contribution >= 0.6 is 23.2 Å². The van der Waals surface area contributed by atoms with E-state index in [1.807, 2.05) is 0 Å². The van der Waals surface area contributed by atoms with Crippen LogP contribution in [0, 0.1) is 5.82 Å². The summed E-state index contributed by atoms with van der Waals surface area (Å²) in [5, 5.41) is 3.27. The highest BCUT2D eigenvalue weighted by Crippen LogP contribution is 2.25. The maximum absolute atomic E-state index is 13.0. The van der Waals surface area contributed by atoms with Crippen LogP contribution in [0.4, 0.5) is 15.8 Å². The van der Waals surface area contributed by atoms with Crippen LogP contribution in [-0.2, 0) is 14.8 Å². The van der Waals surface area contributed by atoms with Crippen LogP contribution in [0.2, 0.25) is 10.0 Å². The third-order valence-corrected chi connectivity index (χ3v) is 6.14. The number of nitrogens with one attached hydrogen (secondary N) is 2. The molecule has 3 aromatic carbocycles. The third-order valence-electron chi connectivity index (χ3n) is 4.30. The summed E-state index contributed by atoms with van der Waals surface area (Å²) in [6, 6.07) is 15.3. The first-order valence-electron chi connectivity index (χ1n) is 9.48. The SMILES string of the molecule is CCC(Oc1ccc(F)cc1)C(=O)Nc1ccc(S(=O)(=O)Nc2cc(Cl)cc(Cl)c2)cc1. The standard InChI is InChI=1S/C22H19Cl2FN2O4S/c1-2-21(31-19-7-3-16(25)4-8-19)22(28)26-17-5-9-20(10-6-17)32(29,30)27-18-12-14(23)11-15(24)13-18/h3-13,21,27H,2H2,1H3,(H,26,28). The molecule has 0 fully saturated rings. The van der Waals surface area contributed by atoms with E-state index >= 15 is 0 Å². The van der Waals surface area contributed by atoms with E-state index < -0.39 is 27.9 Å². The van der Waals surface area contributed by atoms with Crippen molar-refractivity contribution in [1.82, 2.24) is 0 Å². The van der Waals surface area contributed by atoms with Gasteiger partial charge in [-0.15, -0.1) is 0 Å². The summed E-state index contributed by atoms with van der Waals surface area (Å²) in [7, 11) is -3.89. The number of hydrogen-bond donors (Lipinski definition) is 2. The predicted octanol–water partition coefficient (Wildman–Crippen LogP) is 5.73. The molecule has 0 aliphatic heterocycles. The van der Waals surface area contributed by atoms with Gasteiger partial charge in [-0.3, -0.25) is 9.52 Å². The number of rotatable bonds is 8. The van der Waals surface area contributed by atoms with Crippen LogP contribution in [0.15, 0.2) is 71.6 Å². The molecule has 1 atom stereocenters. The van der Waals surface area contributed by atoms with E-state index in [9.17, 15) is 17.6 Å². The molecule has 6 nitrogen and oxygen atoms in total. The number of carbonyl (C=O) groups excluding carboxylic acids is 1. The molecule has 3 aromatic rings.